The third kappa shape index (κ3) is 5.41. The van der Waals surface area contributed by atoms with Crippen molar-refractivity contribution in [3.8, 4) is 11.5 Å². The van der Waals surface area contributed by atoms with Crippen LogP contribution < -0.4 is 9.47 Å². The highest BCUT2D eigenvalue weighted by Crippen LogP contribution is 2.33. The maximum Gasteiger partial charge on any atom is 0.171 e. The summed E-state index contributed by atoms with van der Waals surface area (Å²) in [7, 11) is 1.54. The Hall–Kier alpha value is -1.22. The molecule has 1 aromatic rings. The van der Waals surface area contributed by atoms with Gasteiger partial charge in [0, 0.05) is 11.1 Å². The lowest BCUT2D eigenvalue weighted by atomic mass is 10.1. The number of rotatable bonds is 10. The molecule has 0 fully saturated rings. The number of hydrogen-bond acceptors (Lipinski definition) is 3. The zero-order valence-corrected chi connectivity index (χ0v) is 13.0. The van der Waals surface area contributed by atoms with Crippen LogP contribution in [0.15, 0.2) is 12.1 Å². The van der Waals surface area contributed by atoms with Crippen LogP contribution in [0.1, 0.15) is 55.8 Å². The molecule has 1 rings (SSSR count). The highest BCUT2D eigenvalue weighted by atomic mass is 35.5. The summed E-state index contributed by atoms with van der Waals surface area (Å²) in [6.07, 6.45) is 7.92. The molecule has 0 radical (unpaired) electrons. The van der Waals surface area contributed by atoms with E-state index >= 15 is 0 Å². The first-order chi connectivity index (χ1) is 9.72. The van der Waals surface area contributed by atoms with Crippen LogP contribution in [0, 0.1) is 0 Å². The normalized spacial score (nSPS) is 10.3. The molecule has 0 N–H and O–H groups in total. The van der Waals surface area contributed by atoms with Gasteiger partial charge in [0.1, 0.15) is 0 Å². The topological polar surface area (TPSA) is 35.5 Å². The summed E-state index contributed by atoms with van der Waals surface area (Å²) < 4.78 is 10.9. The van der Waals surface area contributed by atoms with E-state index in [9.17, 15) is 4.79 Å². The van der Waals surface area contributed by atoms with Gasteiger partial charge < -0.3 is 9.47 Å². The van der Waals surface area contributed by atoms with Gasteiger partial charge in [-0.25, -0.2) is 0 Å². The van der Waals surface area contributed by atoms with Gasteiger partial charge in [0.05, 0.1) is 19.3 Å². The number of hydrogen-bond donors (Lipinski definition) is 0. The van der Waals surface area contributed by atoms with Gasteiger partial charge in [0.25, 0.3) is 0 Å². The molecule has 112 valence electrons. The molecule has 3 nitrogen and oxygen atoms in total. The molecule has 0 saturated carbocycles. The van der Waals surface area contributed by atoms with Gasteiger partial charge in [-0.15, -0.1) is 0 Å². The lowest BCUT2D eigenvalue weighted by molar-refractivity contribution is 0.111. The van der Waals surface area contributed by atoms with Crippen LogP contribution in [0.2, 0.25) is 5.02 Å². The van der Waals surface area contributed by atoms with Gasteiger partial charge in [0.2, 0.25) is 0 Å². The van der Waals surface area contributed by atoms with Crippen LogP contribution in [-0.2, 0) is 0 Å². The number of methoxy groups -OCH3 is 1. The van der Waals surface area contributed by atoms with Crippen molar-refractivity contribution < 1.29 is 14.3 Å². The maximum absolute atomic E-state index is 11.1. The minimum Gasteiger partial charge on any atom is -0.493 e. The van der Waals surface area contributed by atoms with Crippen molar-refractivity contribution >= 4 is 17.9 Å². The number of aldehydes is 1. The Kier molecular flexibility index (Phi) is 8.12. The van der Waals surface area contributed by atoms with Gasteiger partial charge in [-0.2, -0.15) is 0 Å². The zero-order valence-electron chi connectivity index (χ0n) is 12.3. The fraction of sp³-hybridized carbons (Fsp3) is 0.562. The molecule has 0 bridgehead atoms. The first-order valence-electron chi connectivity index (χ1n) is 7.18. The van der Waals surface area contributed by atoms with E-state index in [1.54, 1.807) is 12.1 Å². The number of carbonyl (C=O) groups excluding carboxylic acids is 1. The van der Waals surface area contributed by atoms with Crippen molar-refractivity contribution in [2.75, 3.05) is 13.7 Å². The van der Waals surface area contributed by atoms with Crippen LogP contribution >= 0.6 is 11.6 Å². The van der Waals surface area contributed by atoms with Gasteiger partial charge in [-0.1, -0.05) is 50.6 Å². The zero-order chi connectivity index (χ0) is 14.8. The SMILES string of the molecule is CCCCCCCCOc1c(C=O)cc(Cl)cc1OC. The highest BCUT2D eigenvalue weighted by Gasteiger charge is 2.12. The maximum atomic E-state index is 11.1. The fourth-order valence-electron chi connectivity index (χ4n) is 2.04. The molecule has 0 spiro atoms. The predicted molar refractivity (Wildman–Crippen MR) is 82.3 cm³/mol. The molecule has 0 aromatic heterocycles. The Morgan fingerprint density at radius 1 is 1.15 bits per heavy atom. The van der Waals surface area contributed by atoms with Crippen molar-refractivity contribution in [3.63, 3.8) is 0 Å². The van der Waals surface area contributed by atoms with E-state index in [2.05, 4.69) is 6.92 Å². The number of carbonyl (C=O) groups is 1. The van der Waals surface area contributed by atoms with Crippen LogP contribution in [0.4, 0.5) is 0 Å². The number of benzene rings is 1. The van der Waals surface area contributed by atoms with E-state index in [0.717, 1.165) is 19.1 Å². The smallest absolute Gasteiger partial charge is 0.171 e. The minimum atomic E-state index is 0.431. The molecular weight excluding hydrogens is 276 g/mol. The predicted octanol–water partition coefficient (Wildman–Crippen LogP) is 4.90. The summed E-state index contributed by atoms with van der Waals surface area (Å²) in [6.45, 7) is 2.79. The van der Waals surface area contributed by atoms with E-state index in [0.29, 0.717) is 28.7 Å². The van der Waals surface area contributed by atoms with E-state index in [1.165, 1.54) is 32.8 Å². The van der Waals surface area contributed by atoms with Gasteiger partial charge in [-0.05, 0) is 12.5 Å². The second-order valence-electron chi connectivity index (χ2n) is 4.76. The molecule has 0 atom stereocenters. The van der Waals surface area contributed by atoms with Gasteiger partial charge in [0.15, 0.2) is 17.8 Å². The molecule has 1 aromatic carbocycles. The molecule has 0 unspecified atom stereocenters. The standard InChI is InChI=1S/C16H23ClO3/c1-3-4-5-6-7-8-9-20-16-13(12-18)10-14(17)11-15(16)19-2/h10-12H,3-9H2,1-2H3. The molecule has 0 amide bonds. The average Bonchev–Trinajstić information content (AvgIpc) is 2.46. The van der Waals surface area contributed by atoms with Crippen LogP contribution in [0.5, 0.6) is 11.5 Å². The van der Waals surface area contributed by atoms with Crippen LogP contribution in [0.25, 0.3) is 0 Å². The quantitative estimate of drug-likeness (QED) is 0.455. The number of unbranched alkanes of at least 4 members (excludes halogenated alkanes) is 5. The molecule has 20 heavy (non-hydrogen) atoms. The molecule has 0 aliphatic rings. The number of ether oxygens (including phenoxy) is 2. The van der Waals surface area contributed by atoms with E-state index < -0.39 is 0 Å². The first kappa shape index (κ1) is 16.8. The Labute approximate surface area is 126 Å². The van der Waals surface area contributed by atoms with Crippen LogP contribution in [-0.4, -0.2) is 20.0 Å². The second-order valence-corrected chi connectivity index (χ2v) is 5.20. The van der Waals surface area contributed by atoms with Crippen molar-refractivity contribution in [2.24, 2.45) is 0 Å². The third-order valence-electron chi connectivity index (χ3n) is 3.14. The second kappa shape index (κ2) is 9.65. The van der Waals surface area contributed by atoms with E-state index in [4.69, 9.17) is 21.1 Å². The first-order valence-corrected chi connectivity index (χ1v) is 7.56. The lowest BCUT2D eigenvalue weighted by Crippen LogP contribution is -2.02. The summed E-state index contributed by atoms with van der Waals surface area (Å²) >= 11 is 5.92. The van der Waals surface area contributed by atoms with Crippen molar-refractivity contribution in [2.45, 2.75) is 45.4 Å². The van der Waals surface area contributed by atoms with E-state index in [-0.39, 0.29) is 0 Å². The molecule has 4 heteroatoms. The Balaban J connectivity index is 2.48. The van der Waals surface area contributed by atoms with E-state index in [1.807, 2.05) is 0 Å². The van der Waals surface area contributed by atoms with Crippen molar-refractivity contribution in [3.05, 3.63) is 22.7 Å². The largest absolute Gasteiger partial charge is 0.493 e. The summed E-state index contributed by atoms with van der Waals surface area (Å²) in [4.78, 5) is 11.1. The third-order valence-corrected chi connectivity index (χ3v) is 3.36. The Morgan fingerprint density at radius 2 is 1.85 bits per heavy atom. The van der Waals surface area contributed by atoms with Crippen molar-refractivity contribution in [1.82, 2.24) is 0 Å². The lowest BCUT2D eigenvalue weighted by Gasteiger charge is -2.13. The Morgan fingerprint density at radius 3 is 2.50 bits per heavy atom. The minimum absolute atomic E-state index is 0.431. The van der Waals surface area contributed by atoms with Gasteiger partial charge in [-0.3, -0.25) is 4.79 Å². The molecular formula is C16H23ClO3. The average molecular weight is 299 g/mol. The monoisotopic (exact) mass is 298 g/mol. The fourth-order valence-corrected chi connectivity index (χ4v) is 2.26. The molecule has 0 aliphatic carbocycles. The Bertz CT molecular complexity index is 418. The summed E-state index contributed by atoms with van der Waals surface area (Å²) in [5.74, 6) is 0.992. The highest BCUT2D eigenvalue weighted by molar-refractivity contribution is 6.31. The van der Waals surface area contributed by atoms with Crippen LogP contribution in [0.3, 0.4) is 0 Å². The summed E-state index contributed by atoms with van der Waals surface area (Å²) in [6, 6.07) is 3.25. The summed E-state index contributed by atoms with van der Waals surface area (Å²) in [5.41, 5.74) is 0.431. The molecule has 0 saturated heterocycles. The molecule has 0 aliphatic heterocycles. The summed E-state index contributed by atoms with van der Waals surface area (Å²) in [5, 5.41) is 0.468. The van der Waals surface area contributed by atoms with Gasteiger partial charge >= 0.3 is 0 Å². The molecule has 0 heterocycles. The van der Waals surface area contributed by atoms with Crippen molar-refractivity contribution in [1.29, 1.82) is 0 Å². The number of halogens is 1.